The van der Waals surface area contributed by atoms with Crippen LogP contribution in [-0.4, -0.2) is 11.8 Å². The zero-order valence-electron chi connectivity index (χ0n) is 6.38. The third kappa shape index (κ3) is 1.35. The van der Waals surface area contributed by atoms with Gasteiger partial charge in [0.15, 0.2) is 11.4 Å². The molecule has 1 rings (SSSR count). The fourth-order valence-electron chi connectivity index (χ4n) is 0.771. The summed E-state index contributed by atoms with van der Waals surface area (Å²) in [5.41, 5.74) is -0.719. The van der Waals surface area contributed by atoms with Crippen LogP contribution in [0.3, 0.4) is 0 Å². The maximum atomic E-state index is 10.6. The van der Waals surface area contributed by atoms with Gasteiger partial charge in [-0.15, -0.1) is 6.42 Å². The van der Waals surface area contributed by atoms with Crippen LogP contribution < -0.4 is 0 Å². The Morgan fingerprint density at radius 1 is 1.64 bits per heavy atom. The lowest BCUT2D eigenvalue weighted by Gasteiger charge is -2.12. The van der Waals surface area contributed by atoms with Crippen LogP contribution in [0, 0.1) is 12.3 Å². The first-order chi connectivity index (χ1) is 5.06. The number of ether oxygens (including phenoxy) is 2. The molecule has 0 amide bonds. The van der Waals surface area contributed by atoms with Gasteiger partial charge in [0.05, 0.1) is 0 Å². The van der Waals surface area contributed by atoms with Crippen molar-refractivity contribution >= 4 is 6.16 Å². The third-order valence-corrected chi connectivity index (χ3v) is 1.34. The predicted molar refractivity (Wildman–Crippen MR) is 38.6 cm³/mol. The molecular formula is C8H8O3. The summed E-state index contributed by atoms with van der Waals surface area (Å²) in [5, 5.41) is 0. The molecule has 3 nitrogen and oxygen atoms in total. The molecule has 1 heterocycles. The minimum atomic E-state index is -0.719. The Balaban J connectivity index is 2.93. The molecule has 0 radical (unpaired) electrons. The maximum Gasteiger partial charge on any atom is 0.514 e. The molecule has 0 spiro atoms. The highest BCUT2D eigenvalue weighted by atomic mass is 16.8. The molecule has 1 aliphatic heterocycles. The Hall–Kier alpha value is -1.43. The van der Waals surface area contributed by atoms with Gasteiger partial charge in [-0.3, -0.25) is 0 Å². The summed E-state index contributed by atoms with van der Waals surface area (Å²) in [6.07, 6.45) is 5.68. The smallest absolute Gasteiger partial charge is 0.420 e. The van der Waals surface area contributed by atoms with E-state index in [0.29, 0.717) is 5.76 Å². The Bertz CT molecular complexity index is 255. The van der Waals surface area contributed by atoms with E-state index in [1.54, 1.807) is 13.8 Å². The zero-order chi connectivity index (χ0) is 8.48. The second kappa shape index (κ2) is 2.31. The first kappa shape index (κ1) is 7.67. The van der Waals surface area contributed by atoms with Gasteiger partial charge in [0.1, 0.15) is 0 Å². The highest BCUT2D eigenvalue weighted by Crippen LogP contribution is 2.29. The van der Waals surface area contributed by atoms with E-state index < -0.39 is 11.8 Å². The summed E-state index contributed by atoms with van der Waals surface area (Å²) in [7, 11) is 0. The van der Waals surface area contributed by atoms with Crippen molar-refractivity contribution in [2.45, 2.75) is 19.4 Å². The van der Waals surface area contributed by atoms with Gasteiger partial charge in [-0.05, 0) is 13.8 Å². The molecule has 3 heteroatoms. The quantitative estimate of drug-likeness (QED) is 0.389. The van der Waals surface area contributed by atoms with Crippen LogP contribution in [-0.2, 0) is 9.47 Å². The minimum Gasteiger partial charge on any atom is -0.420 e. The van der Waals surface area contributed by atoms with Gasteiger partial charge in [0, 0.05) is 6.08 Å². The molecule has 1 fully saturated rings. The first-order valence-corrected chi connectivity index (χ1v) is 3.14. The molecule has 0 bridgehead atoms. The second-order valence-corrected chi connectivity index (χ2v) is 2.64. The molecule has 1 saturated heterocycles. The first-order valence-electron chi connectivity index (χ1n) is 3.14. The standard InChI is InChI=1S/C8H8O3/c1-4-5-6-8(2,3)11-7(9)10-6/h1,5H,2-3H3. The largest absolute Gasteiger partial charge is 0.514 e. The van der Waals surface area contributed by atoms with Crippen molar-refractivity contribution in [3.63, 3.8) is 0 Å². The monoisotopic (exact) mass is 152 g/mol. The molecule has 0 aliphatic carbocycles. The SMILES string of the molecule is C#CC=C1OC(=O)OC1(C)C. The molecule has 1 aliphatic rings. The normalized spacial score (nSPS) is 24.1. The van der Waals surface area contributed by atoms with Crippen molar-refractivity contribution in [2.24, 2.45) is 0 Å². The van der Waals surface area contributed by atoms with Crippen molar-refractivity contribution < 1.29 is 14.3 Å². The van der Waals surface area contributed by atoms with Gasteiger partial charge < -0.3 is 9.47 Å². The summed E-state index contributed by atoms with van der Waals surface area (Å²) in [4.78, 5) is 10.6. The molecule has 0 N–H and O–H groups in total. The van der Waals surface area contributed by atoms with E-state index in [1.165, 1.54) is 6.08 Å². The van der Waals surface area contributed by atoms with E-state index in [9.17, 15) is 4.79 Å². The van der Waals surface area contributed by atoms with Crippen molar-refractivity contribution in [3.8, 4) is 12.3 Å². The van der Waals surface area contributed by atoms with Crippen LogP contribution in [0.1, 0.15) is 13.8 Å². The highest BCUT2D eigenvalue weighted by Gasteiger charge is 2.38. The molecule has 0 atom stereocenters. The minimum absolute atomic E-state index is 0.380. The zero-order valence-corrected chi connectivity index (χ0v) is 6.38. The summed E-state index contributed by atoms with van der Waals surface area (Å²) >= 11 is 0. The molecule has 0 saturated carbocycles. The van der Waals surface area contributed by atoms with Gasteiger partial charge in [-0.1, -0.05) is 5.92 Å². The van der Waals surface area contributed by atoms with Crippen molar-refractivity contribution in [1.29, 1.82) is 0 Å². The lowest BCUT2D eigenvalue weighted by atomic mass is 10.1. The van der Waals surface area contributed by atoms with Crippen LogP contribution >= 0.6 is 0 Å². The summed E-state index contributed by atoms with van der Waals surface area (Å²) in [5.74, 6) is 2.65. The average molecular weight is 152 g/mol. The van der Waals surface area contributed by atoms with Crippen LogP contribution in [0.2, 0.25) is 0 Å². The highest BCUT2D eigenvalue weighted by molar-refractivity contribution is 5.66. The predicted octanol–water partition coefficient (Wildman–Crippen LogP) is 1.45. The number of hydrogen-bond acceptors (Lipinski definition) is 3. The number of rotatable bonds is 0. The molecular weight excluding hydrogens is 144 g/mol. The van der Waals surface area contributed by atoms with Gasteiger partial charge >= 0.3 is 6.16 Å². The Morgan fingerprint density at radius 2 is 2.27 bits per heavy atom. The van der Waals surface area contributed by atoms with Crippen LogP contribution in [0.15, 0.2) is 11.8 Å². The fraction of sp³-hybridized carbons (Fsp3) is 0.375. The topological polar surface area (TPSA) is 35.5 Å². The van der Waals surface area contributed by atoms with Gasteiger partial charge in [0.25, 0.3) is 0 Å². The average Bonchev–Trinajstić information content (AvgIpc) is 2.07. The van der Waals surface area contributed by atoms with Crippen molar-refractivity contribution in [1.82, 2.24) is 0 Å². The second-order valence-electron chi connectivity index (χ2n) is 2.64. The summed E-state index contributed by atoms with van der Waals surface area (Å²) in [6.45, 7) is 3.42. The molecule has 0 unspecified atom stereocenters. The van der Waals surface area contributed by atoms with E-state index >= 15 is 0 Å². The summed E-state index contributed by atoms with van der Waals surface area (Å²) < 4.78 is 9.46. The molecule has 11 heavy (non-hydrogen) atoms. The Labute approximate surface area is 65.0 Å². The lowest BCUT2D eigenvalue weighted by molar-refractivity contribution is 0.0872. The molecule has 0 aromatic rings. The molecule has 0 aromatic carbocycles. The fourth-order valence-corrected chi connectivity index (χ4v) is 0.771. The van der Waals surface area contributed by atoms with Gasteiger partial charge in [-0.2, -0.15) is 0 Å². The summed E-state index contributed by atoms with van der Waals surface area (Å²) in [6, 6.07) is 0. The molecule has 58 valence electrons. The van der Waals surface area contributed by atoms with Gasteiger partial charge in [-0.25, -0.2) is 4.79 Å². The lowest BCUT2D eigenvalue weighted by Crippen LogP contribution is -2.20. The maximum absolute atomic E-state index is 10.6. The van der Waals surface area contributed by atoms with Gasteiger partial charge in [0.2, 0.25) is 0 Å². The number of carbonyl (C=O) groups is 1. The van der Waals surface area contributed by atoms with Crippen molar-refractivity contribution in [2.75, 3.05) is 0 Å². The number of allylic oxidation sites excluding steroid dienone is 1. The number of hydrogen-bond donors (Lipinski definition) is 0. The van der Waals surface area contributed by atoms with Crippen molar-refractivity contribution in [3.05, 3.63) is 11.8 Å². The van der Waals surface area contributed by atoms with Crippen LogP contribution in [0.4, 0.5) is 4.79 Å². The van der Waals surface area contributed by atoms with E-state index in [2.05, 4.69) is 10.7 Å². The van der Waals surface area contributed by atoms with Crippen LogP contribution in [0.25, 0.3) is 0 Å². The van der Waals surface area contributed by atoms with E-state index in [4.69, 9.17) is 11.2 Å². The van der Waals surface area contributed by atoms with E-state index in [-0.39, 0.29) is 0 Å². The Kier molecular flexibility index (Phi) is 1.61. The molecule has 0 aromatic heterocycles. The number of carbonyl (C=O) groups excluding carboxylic acids is 1. The Morgan fingerprint density at radius 3 is 2.64 bits per heavy atom. The van der Waals surface area contributed by atoms with E-state index in [1.807, 2.05) is 0 Å². The van der Waals surface area contributed by atoms with E-state index in [0.717, 1.165) is 0 Å². The number of cyclic esters (lactones) is 2. The third-order valence-electron chi connectivity index (χ3n) is 1.34. The van der Waals surface area contributed by atoms with Crippen LogP contribution in [0.5, 0.6) is 0 Å². The number of terminal acetylenes is 1.